The summed E-state index contributed by atoms with van der Waals surface area (Å²) in [5.74, 6) is 0.410. The van der Waals surface area contributed by atoms with E-state index in [-0.39, 0.29) is 5.82 Å². The number of halogens is 2. The van der Waals surface area contributed by atoms with Gasteiger partial charge in [-0.05, 0) is 36.1 Å². The molecule has 1 aromatic rings. The second kappa shape index (κ2) is 5.75. The molecule has 1 unspecified atom stereocenters. The van der Waals surface area contributed by atoms with E-state index in [4.69, 9.17) is 4.74 Å². The molecule has 1 aliphatic rings. The Morgan fingerprint density at radius 1 is 1.44 bits per heavy atom. The number of hydrogen-bond acceptors (Lipinski definition) is 2. The third-order valence-electron chi connectivity index (χ3n) is 2.71. The first kappa shape index (κ1) is 12.0. The highest BCUT2D eigenvalue weighted by molar-refractivity contribution is 9.10. The molecule has 1 aliphatic heterocycles. The van der Waals surface area contributed by atoms with Gasteiger partial charge < -0.3 is 10.1 Å². The van der Waals surface area contributed by atoms with Crippen LogP contribution in [0.25, 0.3) is 0 Å². The van der Waals surface area contributed by atoms with Crippen LogP contribution in [0.4, 0.5) is 4.39 Å². The second-order valence-corrected chi connectivity index (χ2v) is 5.05. The van der Waals surface area contributed by atoms with Gasteiger partial charge in [-0.1, -0.05) is 15.9 Å². The van der Waals surface area contributed by atoms with Crippen molar-refractivity contribution in [3.63, 3.8) is 0 Å². The van der Waals surface area contributed by atoms with E-state index in [2.05, 4.69) is 21.2 Å². The SMILES string of the molecule is Fc1cc(Br)cc(CNCC2CCOC2)c1. The number of ether oxygens (including phenoxy) is 1. The third-order valence-corrected chi connectivity index (χ3v) is 3.17. The van der Waals surface area contributed by atoms with Gasteiger partial charge in [0.2, 0.25) is 0 Å². The molecule has 0 bridgehead atoms. The van der Waals surface area contributed by atoms with Crippen molar-refractivity contribution in [2.45, 2.75) is 13.0 Å². The van der Waals surface area contributed by atoms with E-state index >= 15 is 0 Å². The summed E-state index contributed by atoms with van der Waals surface area (Å²) in [5, 5.41) is 3.33. The predicted octanol–water partition coefficient (Wildman–Crippen LogP) is 2.71. The van der Waals surface area contributed by atoms with Gasteiger partial charge in [-0.2, -0.15) is 0 Å². The van der Waals surface area contributed by atoms with Gasteiger partial charge in [0.05, 0.1) is 6.61 Å². The maximum absolute atomic E-state index is 13.1. The molecule has 1 atom stereocenters. The maximum atomic E-state index is 13.1. The minimum atomic E-state index is -0.199. The lowest BCUT2D eigenvalue weighted by atomic mass is 10.1. The Balaban J connectivity index is 1.80. The molecule has 0 aliphatic carbocycles. The van der Waals surface area contributed by atoms with E-state index in [1.54, 1.807) is 6.07 Å². The first-order chi connectivity index (χ1) is 7.74. The first-order valence-corrected chi connectivity index (χ1v) is 6.27. The van der Waals surface area contributed by atoms with Crippen LogP contribution in [0.1, 0.15) is 12.0 Å². The molecule has 2 nitrogen and oxygen atoms in total. The highest BCUT2D eigenvalue weighted by Gasteiger charge is 2.14. The van der Waals surface area contributed by atoms with Crippen molar-refractivity contribution >= 4 is 15.9 Å². The van der Waals surface area contributed by atoms with Crippen molar-refractivity contribution in [2.75, 3.05) is 19.8 Å². The molecular formula is C12H15BrFNO. The van der Waals surface area contributed by atoms with Crippen LogP contribution in [0.15, 0.2) is 22.7 Å². The lowest BCUT2D eigenvalue weighted by Gasteiger charge is -2.09. The van der Waals surface area contributed by atoms with Gasteiger partial charge in [0, 0.05) is 24.2 Å². The van der Waals surface area contributed by atoms with Crippen molar-refractivity contribution in [2.24, 2.45) is 5.92 Å². The Morgan fingerprint density at radius 3 is 3.00 bits per heavy atom. The fourth-order valence-electron chi connectivity index (χ4n) is 1.88. The lowest BCUT2D eigenvalue weighted by Crippen LogP contribution is -2.22. The van der Waals surface area contributed by atoms with Crippen molar-refractivity contribution in [1.82, 2.24) is 5.32 Å². The molecule has 0 saturated carbocycles. The molecule has 4 heteroatoms. The highest BCUT2D eigenvalue weighted by Crippen LogP contribution is 2.15. The van der Waals surface area contributed by atoms with Gasteiger partial charge in [-0.15, -0.1) is 0 Å². The molecular weight excluding hydrogens is 273 g/mol. The van der Waals surface area contributed by atoms with Crippen molar-refractivity contribution in [1.29, 1.82) is 0 Å². The van der Waals surface area contributed by atoms with Gasteiger partial charge in [0.1, 0.15) is 5.82 Å². The molecule has 16 heavy (non-hydrogen) atoms. The van der Waals surface area contributed by atoms with E-state index in [1.165, 1.54) is 6.07 Å². The Morgan fingerprint density at radius 2 is 2.31 bits per heavy atom. The molecule has 88 valence electrons. The zero-order chi connectivity index (χ0) is 11.4. The molecule has 1 fully saturated rings. The zero-order valence-corrected chi connectivity index (χ0v) is 10.6. The Hall–Kier alpha value is -0.450. The summed E-state index contributed by atoms with van der Waals surface area (Å²) < 4.78 is 19.2. The fourth-order valence-corrected chi connectivity index (χ4v) is 2.39. The Kier molecular flexibility index (Phi) is 4.32. The van der Waals surface area contributed by atoms with Gasteiger partial charge in [0.25, 0.3) is 0 Å². The Labute approximate surface area is 103 Å². The summed E-state index contributed by atoms with van der Waals surface area (Å²) in [4.78, 5) is 0. The second-order valence-electron chi connectivity index (χ2n) is 4.14. The average Bonchev–Trinajstić information content (AvgIpc) is 2.69. The summed E-state index contributed by atoms with van der Waals surface area (Å²) >= 11 is 3.28. The van der Waals surface area contributed by atoms with Crippen LogP contribution in [-0.4, -0.2) is 19.8 Å². The van der Waals surface area contributed by atoms with Crippen LogP contribution < -0.4 is 5.32 Å². The number of nitrogens with one attached hydrogen (secondary N) is 1. The van der Waals surface area contributed by atoms with Crippen LogP contribution >= 0.6 is 15.9 Å². The molecule has 1 saturated heterocycles. The van der Waals surface area contributed by atoms with Gasteiger partial charge in [0.15, 0.2) is 0 Å². The molecule has 2 rings (SSSR count). The van der Waals surface area contributed by atoms with Gasteiger partial charge >= 0.3 is 0 Å². The summed E-state index contributed by atoms with van der Waals surface area (Å²) in [6.45, 7) is 3.36. The number of hydrogen-bond donors (Lipinski definition) is 1. The fraction of sp³-hybridized carbons (Fsp3) is 0.500. The molecule has 1 aromatic carbocycles. The smallest absolute Gasteiger partial charge is 0.124 e. The van der Waals surface area contributed by atoms with Gasteiger partial charge in [-0.3, -0.25) is 0 Å². The van der Waals surface area contributed by atoms with Crippen LogP contribution in [-0.2, 0) is 11.3 Å². The summed E-state index contributed by atoms with van der Waals surface area (Å²) in [6.07, 6.45) is 1.12. The monoisotopic (exact) mass is 287 g/mol. The van der Waals surface area contributed by atoms with Crippen molar-refractivity contribution in [3.8, 4) is 0 Å². The van der Waals surface area contributed by atoms with Crippen molar-refractivity contribution < 1.29 is 9.13 Å². The highest BCUT2D eigenvalue weighted by atomic mass is 79.9. The van der Waals surface area contributed by atoms with Crippen LogP contribution in [0.2, 0.25) is 0 Å². The van der Waals surface area contributed by atoms with Gasteiger partial charge in [-0.25, -0.2) is 4.39 Å². The first-order valence-electron chi connectivity index (χ1n) is 5.47. The van der Waals surface area contributed by atoms with E-state index in [0.717, 1.165) is 36.2 Å². The zero-order valence-electron chi connectivity index (χ0n) is 9.01. The number of benzene rings is 1. The number of rotatable bonds is 4. The minimum absolute atomic E-state index is 0.199. The Bertz CT molecular complexity index is 333. The summed E-state index contributed by atoms with van der Waals surface area (Å²) in [6, 6.07) is 4.96. The van der Waals surface area contributed by atoms with E-state index in [1.807, 2.05) is 6.07 Å². The molecule has 1 heterocycles. The minimum Gasteiger partial charge on any atom is -0.381 e. The maximum Gasteiger partial charge on any atom is 0.124 e. The normalized spacial score (nSPS) is 20.2. The molecule has 0 aromatic heterocycles. The van der Waals surface area contributed by atoms with E-state index in [0.29, 0.717) is 12.5 Å². The third kappa shape index (κ3) is 3.54. The topological polar surface area (TPSA) is 21.3 Å². The predicted molar refractivity (Wildman–Crippen MR) is 64.7 cm³/mol. The van der Waals surface area contributed by atoms with Crippen LogP contribution in [0.3, 0.4) is 0 Å². The van der Waals surface area contributed by atoms with E-state index < -0.39 is 0 Å². The summed E-state index contributed by atoms with van der Waals surface area (Å²) in [5.41, 5.74) is 0.964. The van der Waals surface area contributed by atoms with E-state index in [9.17, 15) is 4.39 Å². The van der Waals surface area contributed by atoms with Crippen LogP contribution in [0, 0.1) is 11.7 Å². The largest absolute Gasteiger partial charge is 0.381 e. The van der Waals surface area contributed by atoms with Crippen molar-refractivity contribution in [3.05, 3.63) is 34.1 Å². The molecule has 0 radical (unpaired) electrons. The molecule has 0 spiro atoms. The average molecular weight is 288 g/mol. The summed E-state index contributed by atoms with van der Waals surface area (Å²) in [7, 11) is 0. The van der Waals surface area contributed by atoms with Crippen LogP contribution in [0.5, 0.6) is 0 Å². The standard InChI is InChI=1S/C12H15BrFNO/c13-11-3-10(4-12(14)5-11)7-15-6-9-1-2-16-8-9/h3-5,9,15H,1-2,6-8H2. The molecule has 1 N–H and O–H groups in total. The lowest BCUT2D eigenvalue weighted by molar-refractivity contribution is 0.185. The molecule has 0 amide bonds. The quantitative estimate of drug-likeness (QED) is 0.919.